The standard InChI is InChI=1S/C13H18N2O3/c1-9-4-6-15(8-12(9)18-2)13(17)10-3-5-14-7-11(10)16/h3,5,7,9,12,16H,4,6,8H2,1-2H3. The summed E-state index contributed by atoms with van der Waals surface area (Å²) in [5, 5.41) is 9.65. The maximum Gasteiger partial charge on any atom is 0.257 e. The normalized spacial score (nSPS) is 24.0. The minimum atomic E-state index is -0.163. The fourth-order valence-electron chi connectivity index (χ4n) is 2.26. The Hall–Kier alpha value is -1.62. The van der Waals surface area contributed by atoms with Crippen molar-refractivity contribution in [3.63, 3.8) is 0 Å². The van der Waals surface area contributed by atoms with E-state index in [-0.39, 0.29) is 17.8 Å². The minimum Gasteiger partial charge on any atom is -0.505 e. The van der Waals surface area contributed by atoms with Gasteiger partial charge in [0.15, 0.2) is 0 Å². The molecule has 18 heavy (non-hydrogen) atoms. The van der Waals surface area contributed by atoms with E-state index in [1.807, 2.05) is 0 Å². The molecule has 2 heterocycles. The van der Waals surface area contributed by atoms with E-state index in [0.29, 0.717) is 24.6 Å². The summed E-state index contributed by atoms with van der Waals surface area (Å²) < 4.78 is 5.38. The van der Waals surface area contributed by atoms with Crippen LogP contribution in [0.5, 0.6) is 5.75 Å². The minimum absolute atomic E-state index is 0.0617. The maximum atomic E-state index is 12.3. The highest BCUT2D eigenvalue weighted by molar-refractivity contribution is 5.96. The Morgan fingerprint density at radius 3 is 3.06 bits per heavy atom. The van der Waals surface area contributed by atoms with Gasteiger partial charge in [-0.1, -0.05) is 6.92 Å². The first-order valence-corrected chi connectivity index (χ1v) is 6.08. The highest BCUT2D eigenvalue weighted by atomic mass is 16.5. The molecule has 98 valence electrons. The van der Waals surface area contributed by atoms with Gasteiger partial charge in [-0.2, -0.15) is 0 Å². The number of piperidine rings is 1. The number of rotatable bonds is 2. The highest BCUT2D eigenvalue weighted by Crippen LogP contribution is 2.23. The molecule has 0 radical (unpaired) electrons. The number of methoxy groups -OCH3 is 1. The number of aromatic nitrogens is 1. The van der Waals surface area contributed by atoms with E-state index in [1.54, 1.807) is 12.0 Å². The van der Waals surface area contributed by atoms with E-state index in [4.69, 9.17) is 4.74 Å². The number of nitrogens with zero attached hydrogens (tertiary/aromatic N) is 2. The van der Waals surface area contributed by atoms with Gasteiger partial charge in [-0.05, 0) is 18.4 Å². The van der Waals surface area contributed by atoms with Crippen LogP contribution in [-0.2, 0) is 4.74 Å². The van der Waals surface area contributed by atoms with Crippen LogP contribution < -0.4 is 0 Å². The van der Waals surface area contributed by atoms with Gasteiger partial charge in [0.05, 0.1) is 17.9 Å². The van der Waals surface area contributed by atoms with Gasteiger partial charge in [-0.25, -0.2) is 0 Å². The van der Waals surface area contributed by atoms with Gasteiger partial charge in [0.25, 0.3) is 5.91 Å². The lowest BCUT2D eigenvalue weighted by atomic mass is 9.95. The summed E-state index contributed by atoms with van der Waals surface area (Å²) in [7, 11) is 1.67. The Balaban J connectivity index is 2.13. The molecule has 1 aliphatic heterocycles. The zero-order valence-electron chi connectivity index (χ0n) is 10.7. The number of hydrogen-bond donors (Lipinski definition) is 1. The molecule has 5 heteroatoms. The van der Waals surface area contributed by atoms with Crippen LogP contribution in [0.1, 0.15) is 23.7 Å². The quantitative estimate of drug-likeness (QED) is 0.859. The molecule has 1 saturated heterocycles. The largest absolute Gasteiger partial charge is 0.505 e. The Labute approximate surface area is 106 Å². The lowest BCUT2D eigenvalue weighted by Gasteiger charge is -2.36. The number of likely N-dealkylation sites (tertiary alicyclic amines) is 1. The topological polar surface area (TPSA) is 62.7 Å². The van der Waals surface area contributed by atoms with E-state index in [0.717, 1.165) is 6.42 Å². The molecule has 1 aromatic rings. The zero-order chi connectivity index (χ0) is 13.1. The van der Waals surface area contributed by atoms with Crippen molar-refractivity contribution in [1.82, 2.24) is 9.88 Å². The fraction of sp³-hybridized carbons (Fsp3) is 0.538. The first kappa shape index (κ1) is 12.8. The van der Waals surface area contributed by atoms with E-state index in [2.05, 4.69) is 11.9 Å². The molecule has 0 aromatic carbocycles. The molecule has 2 atom stereocenters. The molecular formula is C13H18N2O3. The average molecular weight is 250 g/mol. The Morgan fingerprint density at radius 1 is 1.61 bits per heavy atom. The van der Waals surface area contributed by atoms with Crippen molar-refractivity contribution in [1.29, 1.82) is 0 Å². The second kappa shape index (κ2) is 5.35. The molecule has 1 amide bonds. The van der Waals surface area contributed by atoms with Gasteiger partial charge >= 0.3 is 0 Å². The molecular weight excluding hydrogens is 232 g/mol. The number of aromatic hydroxyl groups is 1. The molecule has 2 unspecified atom stereocenters. The van der Waals surface area contributed by atoms with Crippen molar-refractivity contribution in [2.45, 2.75) is 19.4 Å². The van der Waals surface area contributed by atoms with Crippen molar-refractivity contribution < 1.29 is 14.6 Å². The summed E-state index contributed by atoms with van der Waals surface area (Å²) in [4.78, 5) is 17.8. The van der Waals surface area contributed by atoms with Crippen LogP contribution in [0, 0.1) is 5.92 Å². The summed E-state index contributed by atoms with van der Waals surface area (Å²) >= 11 is 0. The van der Waals surface area contributed by atoms with Gasteiger partial charge in [0.2, 0.25) is 0 Å². The van der Waals surface area contributed by atoms with Crippen LogP contribution in [0.2, 0.25) is 0 Å². The molecule has 1 N–H and O–H groups in total. The second-order valence-corrected chi connectivity index (χ2v) is 4.68. The van der Waals surface area contributed by atoms with Crippen molar-refractivity contribution in [2.75, 3.05) is 20.2 Å². The van der Waals surface area contributed by atoms with Crippen LogP contribution in [0.3, 0.4) is 0 Å². The second-order valence-electron chi connectivity index (χ2n) is 4.68. The summed E-state index contributed by atoms with van der Waals surface area (Å²) in [6.07, 6.45) is 3.77. The van der Waals surface area contributed by atoms with E-state index < -0.39 is 0 Å². The van der Waals surface area contributed by atoms with Gasteiger partial charge in [0.1, 0.15) is 5.75 Å². The number of hydrogen-bond acceptors (Lipinski definition) is 4. The smallest absolute Gasteiger partial charge is 0.257 e. The van der Waals surface area contributed by atoms with E-state index in [9.17, 15) is 9.90 Å². The lowest BCUT2D eigenvalue weighted by molar-refractivity contribution is -0.00166. The Bertz CT molecular complexity index is 436. The van der Waals surface area contributed by atoms with Gasteiger partial charge in [-0.15, -0.1) is 0 Å². The van der Waals surface area contributed by atoms with Crippen molar-refractivity contribution in [2.24, 2.45) is 5.92 Å². The molecule has 1 fully saturated rings. The Morgan fingerprint density at radius 2 is 2.39 bits per heavy atom. The van der Waals surface area contributed by atoms with Crippen LogP contribution in [0.15, 0.2) is 18.5 Å². The number of amides is 1. The molecule has 2 rings (SSSR count). The van der Waals surface area contributed by atoms with Crippen LogP contribution in [0.4, 0.5) is 0 Å². The van der Waals surface area contributed by atoms with Crippen molar-refractivity contribution in [3.05, 3.63) is 24.0 Å². The summed E-state index contributed by atoms with van der Waals surface area (Å²) in [6, 6.07) is 1.54. The molecule has 0 aliphatic carbocycles. The first-order valence-electron chi connectivity index (χ1n) is 6.08. The SMILES string of the molecule is COC1CN(C(=O)c2ccncc2O)CCC1C. The third-order valence-electron chi connectivity index (χ3n) is 3.51. The number of carbonyl (C=O) groups is 1. The predicted octanol–water partition coefficient (Wildman–Crippen LogP) is 1.28. The van der Waals surface area contributed by atoms with Crippen LogP contribution in [0.25, 0.3) is 0 Å². The summed E-state index contributed by atoms with van der Waals surface area (Å²) in [5.41, 5.74) is 0.300. The molecule has 0 bridgehead atoms. The molecule has 0 spiro atoms. The van der Waals surface area contributed by atoms with Gasteiger partial charge < -0.3 is 14.7 Å². The third-order valence-corrected chi connectivity index (χ3v) is 3.51. The lowest BCUT2D eigenvalue weighted by Crippen LogP contribution is -2.46. The van der Waals surface area contributed by atoms with E-state index >= 15 is 0 Å². The maximum absolute atomic E-state index is 12.3. The summed E-state index contributed by atoms with van der Waals surface area (Å²) in [6.45, 7) is 3.39. The molecule has 5 nitrogen and oxygen atoms in total. The summed E-state index contributed by atoms with van der Waals surface area (Å²) in [5.74, 6) is 0.212. The first-order chi connectivity index (χ1) is 8.63. The highest BCUT2D eigenvalue weighted by Gasteiger charge is 2.30. The van der Waals surface area contributed by atoms with Gasteiger partial charge in [0, 0.05) is 26.4 Å². The van der Waals surface area contributed by atoms with Gasteiger partial charge in [-0.3, -0.25) is 9.78 Å². The van der Waals surface area contributed by atoms with Crippen LogP contribution >= 0.6 is 0 Å². The Kier molecular flexibility index (Phi) is 3.81. The fourth-order valence-corrected chi connectivity index (χ4v) is 2.26. The average Bonchev–Trinajstić information content (AvgIpc) is 2.39. The number of ether oxygens (including phenoxy) is 1. The molecule has 1 aliphatic rings. The monoisotopic (exact) mass is 250 g/mol. The van der Waals surface area contributed by atoms with Crippen molar-refractivity contribution in [3.8, 4) is 5.75 Å². The zero-order valence-corrected chi connectivity index (χ0v) is 10.7. The van der Waals surface area contributed by atoms with Crippen molar-refractivity contribution >= 4 is 5.91 Å². The third kappa shape index (κ3) is 2.46. The molecule has 0 saturated carbocycles. The number of carbonyl (C=O) groups excluding carboxylic acids is 1. The number of pyridine rings is 1. The molecule has 1 aromatic heterocycles. The van der Waals surface area contributed by atoms with Crippen LogP contribution in [-0.4, -0.2) is 47.2 Å². The van der Waals surface area contributed by atoms with E-state index in [1.165, 1.54) is 18.5 Å². The predicted molar refractivity (Wildman–Crippen MR) is 66.4 cm³/mol.